The molecule has 28 heavy (non-hydrogen) atoms. The van der Waals surface area contributed by atoms with E-state index >= 15 is 0 Å². The molecule has 0 saturated heterocycles. The van der Waals surface area contributed by atoms with Crippen molar-refractivity contribution >= 4 is 17.5 Å². The number of hydrogen-bond acceptors (Lipinski definition) is 5. The molecule has 1 aromatic heterocycles. The fourth-order valence-electron chi connectivity index (χ4n) is 3.75. The van der Waals surface area contributed by atoms with E-state index in [1.165, 1.54) is 17.3 Å². The lowest BCUT2D eigenvalue weighted by atomic mass is 10.00. The Morgan fingerprint density at radius 2 is 2.07 bits per heavy atom. The van der Waals surface area contributed by atoms with Gasteiger partial charge < -0.3 is 15.7 Å². The van der Waals surface area contributed by atoms with E-state index < -0.39 is 6.10 Å². The number of hydrogen-bond donors (Lipinski definition) is 3. The van der Waals surface area contributed by atoms with Crippen LogP contribution in [0, 0.1) is 0 Å². The standard InChI is InChI=1S/C21H24N4O3/c26-17(13-25-8-7-14-3-1-2-4-15(14)12-25)11-23-21(28)16-9-19-18(22-10-16)5-6-20(27)24-19/h1-4,9-10,17,26H,5-8,11-13H2,(H,23,28)(H,24,27)/t17-/m0/s1. The number of β-amino-alcohol motifs (C(OH)–C–C–N with tert-alkyl or cyclic N) is 1. The average molecular weight is 380 g/mol. The minimum atomic E-state index is -0.653. The minimum Gasteiger partial charge on any atom is -0.390 e. The first-order chi connectivity index (χ1) is 13.6. The van der Waals surface area contributed by atoms with E-state index in [1.54, 1.807) is 6.07 Å². The number of pyridine rings is 1. The summed E-state index contributed by atoms with van der Waals surface area (Å²) in [7, 11) is 0. The van der Waals surface area contributed by atoms with Crippen LogP contribution < -0.4 is 10.6 Å². The summed E-state index contributed by atoms with van der Waals surface area (Å²) < 4.78 is 0. The van der Waals surface area contributed by atoms with E-state index in [-0.39, 0.29) is 18.4 Å². The number of benzene rings is 1. The quantitative estimate of drug-likeness (QED) is 0.723. The van der Waals surface area contributed by atoms with Crippen molar-refractivity contribution in [1.29, 1.82) is 0 Å². The lowest BCUT2D eigenvalue weighted by Gasteiger charge is -2.30. The average Bonchev–Trinajstić information content (AvgIpc) is 2.71. The molecule has 2 aromatic rings. The third-order valence-electron chi connectivity index (χ3n) is 5.27. The number of aryl methyl sites for hydroxylation is 1. The van der Waals surface area contributed by atoms with Gasteiger partial charge >= 0.3 is 0 Å². The monoisotopic (exact) mass is 380 g/mol. The molecule has 0 unspecified atom stereocenters. The van der Waals surface area contributed by atoms with Crippen molar-refractivity contribution in [3.8, 4) is 0 Å². The molecule has 1 aromatic carbocycles. The van der Waals surface area contributed by atoms with E-state index in [4.69, 9.17) is 0 Å². The molecule has 0 spiro atoms. The van der Waals surface area contributed by atoms with Crippen LogP contribution in [0.1, 0.15) is 33.6 Å². The van der Waals surface area contributed by atoms with Gasteiger partial charge in [0.1, 0.15) is 0 Å². The molecule has 0 aliphatic carbocycles. The van der Waals surface area contributed by atoms with Gasteiger partial charge in [0.25, 0.3) is 5.91 Å². The fraction of sp³-hybridized carbons (Fsp3) is 0.381. The molecule has 146 valence electrons. The van der Waals surface area contributed by atoms with Crippen LogP contribution in [-0.2, 0) is 24.2 Å². The van der Waals surface area contributed by atoms with Gasteiger partial charge in [-0.15, -0.1) is 0 Å². The number of rotatable bonds is 5. The van der Waals surface area contributed by atoms with Crippen molar-refractivity contribution in [3.05, 3.63) is 58.9 Å². The molecule has 2 aliphatic rings. The number of anilines is 1. The van der Waals surface area contributed by atoms with Gasteiger partial charge in [-0.2, -0.15) is 0 Å². The van der Waals surface area contributed by atoms with Crippen molar-refractivity contribution in [3.63, 3.8) is 0 Å². The summed E-state index contributed by atoms with van der Waals surface area (Å²) in [5, 5.41) is 15.8. The zero-order valence-corrected chi connectivity index (χ0v) is 15.6. The second kappa shape index (κ2) is 8.08. The van der Waals surface area contributed by atoms with Crippen molar-refractivity contribution < 1.29 is 14.7 Å². The van der Waals surface area contributed by atoms with Gasteiger partial charge in [0.15, 0.2) is 0 Å². The first-order valence-electron chi connectivity index (χ1n) is 9.62. The first-order valence-corrected chi connectivity index (χ1v) is 9.62. The predicted octanol–water partition coefficient (Wildman–Crippen LogP) is 1.12. The Kier molecular flexibility index (Phi) is 5.36. The van der Waals surface area contributed by atoms with Gasteiger partial charge in [-0.1, -0.05) is 24.3 Å². The Labute approximate surface area is 163 Å². The Hall–Kier alpha value is -2.77. The molecule has 7 heteroatoms. The molecule has 2 aliphatic heterocycles. The van der Waals surface area contributed by atoms with Crippen LogP contribution in [-0.4, -0.2) is 52.5 Å². The van der Waals surface area contributed by atoms with Crippen molar-refractivity contribution in [2.45, 2.75) is 31.9 Å². The summed E-state index contributed by atoms with van der Waals surface area (Å²) in [5.41, 5.74) is 4.43. The fourth-order valence-corrected chi connectivity index (χ4v) is 3.75. The normalized spacial score (nSPS) is 17.2. The zero-order chi connectivity index (χ0) is 19.5. The van der Waals surface area contributed by atoms with E-state index in [9.17, 15) is 14.7 Å². The van der Waals surface area contributed by atoms with Gasteiger partial charge in [0.05, 0.1) is 23.0 Å². The molecular weight excluding hydrogens is 356 g/mol. The zero-order valence-electron chi connectivity index (χ0n) is 15.6. The van der Waals surface area contributed by atoms with Gasteiger partial charge in [0.2, 0.25) is 5.91 Å². The summed E-state index contributed by atoms with van der Waals surface area (Å²) >= 11 is 0. The third-order valence-corrected chi connectivity index (χ3v) is 5.27. The van der Waals surface area contributed by atoms with Crippen LogP contribution in [0.25, 0.3) is 0 Å². The predicted molar refractivity (Wildman–Crippen MR) is 105 cm³/mol. The smallest absolute Gasteiger partial charge is 0.253 e. The molecule has 3 N–H and O–H groups in total. The van der Waals surface area contributed by atoms with E-state index in [2.05, 4.69) is 38.7 Å². The number of aliphatic hydroxyl groups is 1. The van der Waals surface area contributed by atoms with Gasteiger partial charge in [-0.3, -0.25) is 19.5 Å². The van der Waals surface area contributed by atoms with E-state index in [0.717, 1.165) is 25.2 Å². The number of aromatic nitrogens is 1. The maximum Gasteiger partial charge on any atom is 0.253 e. The van der Waals surface area contributed by atoms with Gasteiger partial charge in [-0.05, 0) is 23.6 Å². The van der Waals surface area contributed by atoms with Crippen LogP contribution >= 0.6 is 0 Å². The molecule has 3 heterocycles. The highest BCUT2D eigenvalue weighted by molar-refractivity contribution is 5.98. The number of carbonyl (C=O) groups is 2. The number of nitrogens with one attached hydrogen (secondary N) is 2. The first kappa shape index (κ1) is 18.6. The Morgan fingerprint density at radius 3 is 2.93 bits per heavy atom. The number of aliphatic hydroxyl groups excluding tert-OH is 1. The SMILES string of the molecule is O=C1CCc2ncc(C(=O)NC[C@H](O)CN3CCc4ccccc4C3)cc2N1. The molecule has 2 amide bonds. The van der Waals surface area contributed by atoms with Crippen LogP contribution in [0.5, 0.6) is 0 Å². The molecular formula is C21H24N4O3. The highest BCUT2D eigenvalue weighted by Crippen LogP contribution is 2.21. The Bertz CT molecular complexity index is 899. The maximum atomic E-state index is 12.4. The van der Waals surface area contributed by atoms with Crippen LogP contribution in [0.2, 0.25) is 0 Å². The summed E-state index contributed by atoms with van der Waals surface area (Å²) in [6.07, 6.45) is 2.83. The minimum absolute atomic E-state index is 0.0645. The number of amides is 2. The largest absolute Gasteiger partial charge is 0.390 e. The molecule has 0 radical (unpaired) electrons. The van der Waals surface area contributed by atoms with E-state index in [0.29, 0.717) is 30.6 Å². The molecule has 1 atom stereocenters. The third kappa shape index (κ3) is 4.21. The topological polar surface area (TPSA) is 94.6 Å². The molecule has 7 nitrogen and oxygen atoms in total. The second-order valence-corrected chi connectivity index (χ2v) is 7.38. The summed E-state index contributed by atoms with van der Waals surface area (Å²) in [4.78, 5) is 30.4. The summed E-state index contributed by atoms with van der Waals surface area (Å²) in [5.74, 6) is -0.372. The van der Waals surface area contributed by atoms with Crippen molar-refractivity contribution in [1.82, 2.24) is 15.2 Å². The van der Waals surface area contributed by atoms with Crippen LogP contribution in [0.4, 0.5) is 5.69 Å². The second-order valence-electron chi connectivity index (χ2n) is 7.38. The van der Waals surface area contributed by atoms with Crippen molar-refractivity contribution in [2.75, 3.05) is 25.0 Å². The van der Waals surface area contributed by atoms with Gasteiger partial charge in [-0.25, -0.2) is 0 Å². The molecule has 4 rings (SSSR count). The molecule has 0 fully saturated rings. The number of nitrogens with zero attached hydrogens (tertiary/aromatic N) is 2. The molecule has 0 bridgehead atoms. The summed E-state index contributed by atoms with van der Waals surface area (Å²) in [6, 6.07) is 10.0. The highest BCUT2D eigenvalue weighted by Gasteiger charge is 2.20. The Morgan fingerprint density at radius 1 is 1.25 bits per heavy atom. The van der Waals surface area contributed by atoms with E-state index in [1.807, 2.05) is 6.07 Å². The molecule has 0 saturated carbocycles. The summed E-state index contributed by atoms with van der Waals surface area (Å²) in [6.45, 7) is 2.39. The highest BCUT2D eigenvalue weighted by atomic mass is 16.3. The lowest BCUT2D eigenvalue weighted by Crippen LogP contribution is -2.42. The lowest BCUT2D eigenvalue weighted by molar-refractivity contribution is -0.116. The maximum absolute atomic E-state index is 12.4. The Balaban J connectivity index is 1.29. The van der Waals surface area contributed by atoms with Crippen LogP contribution in [0.15, 0.2) is 36.5 Å². The number of carbonyl (C=O) groups excluding carboxylic acids is 2. The van der Waals surface area contributed by atoms with Crippen LogP contribution in [0.3, 0.4) is 0 Å². The van der Waals surface area contributed by atoms with Gasteiger partial charge in [0, 0.05) is 45.2 Å². The number of fused-ring (bicyclic) bond motifs is 2. The van der Waals surface area contributed by atoms with Crippen molar-refractivity contribution in [2.24, 2.45) is 0 Å².